The van der Waals surface area contributed by atoms with Gasteiger partial charge in [0.25, 0.3) is 0 Å². The maximum absolute atomic E-state index is 13.4. The van der Waals surface area contributed by atoms with E-state index in [2.05, 4.69) is 21.3 Å². The molecule has 0 fully saturated rings. The molecule has 238 valence electrons. The van der Waals surface area contributed by atoms with Gasteiger partial charge < -0.3 is 37.8 Å². The molecule has 12 nitrogen and oxygen atoms in total. The summed E-state index contributed by atoms with van der Waals surface area (Å²) in [6.07, 6.45) is 2.97. The molecule has 0 heterocycles. The fourth-order valence-corrected chi connectivity index (χ4v) is 4.23. The molecule has 12 heteroatoms. The molecule has 0 aliphatic carbocycles. The van der Waals surface area contributed by atoms with Crippen LogP contribution in [-0.4, -0.2) is 71.5 Å². The first-order valence-corrected chi connectivity index (χ1v) is 15.0. The quantitative estimate of drug-likeness (QED) is 0.103. The van der Waals surface area contributed by atoms with Gasteiger partial charge in [-0.25, -0.2) is 4.79 Å². The topological polar surface area (TPSA) is 206 Å². The monoisotopic (exact) mass is 584 g/mol. The van der Waals surface area contributed by atoms with E-state index in [-0.39, 0.29) is 30.1 Å². The van der Waals surface area contributed by atoms with Crippen LogP contribution in [0.25, 0.3) is 0 Å². The third kappa shape index (κ3) is 13.7. The van der Waals surface area contributed by atoms with Crippen molar-refractivity contribution in [1.29, 1.82) is 0 Å². The number of rotatable bonds is 20. The zero-order chi connectivity index (χ0) is 31.9. The molecule has 0 saturated carbocycles. The average molecular weight is 585 g/mol. The number of unbranched alkanes of at least 4 members (excludes halogenated alkanes) is 1. The predicted octanol–water partition coefficient (Wildman–Crippen LogP) is 1.26. The molecule has 0 aromatic heterocycles. The van der Waals surface area contributed by atoms with Crippen molar-refractivity contribution in [3.8, 4) is 0 Å². The minimum absolute atomic E-state index is 0.0720. The van der Waals surface area contributed by atoms with Crippen LogP contribution in [0.4, 0.5) is 0 Å². The summed E-state index contributed by atoms with van der Waals surface area (Å²) in [6.45, 7) is 15.2. The molecule has 0 aliphatic heterocycles. The third-order valence-electron chi connectivity index (χ3n) is 7.50. The van der Waals surface area contributed by atoms with Crippen molar-refractivity contribution in [3.63, 3.8) is 0 Å². The minimum atomic E-state index is -1.16. The Morgan fingerprint density at radius 3 is 1.66 bits per heavy atom. The van der Waals surface area contributed by atoms with Gasteiger partial charge in [-0.1, -0.05) is 68.2 Å². The summed E-state index contributed by atoms with van der Waals surface area (Å²) in [7, 11) is 0. The van der Waals surface area contributed by atoms with Gasteiger partial charge in [0.15, 0.2) is 0 Å². The number of carboxylic acid groups (broad SMARTS) is 1. The highest BCUT2D eigenvalue weighted by Crippen LogP contribution is 2.13. The van der Waals surface area contributed by atoms with Crippen LogP contribution in [0.5, 0.6) is 0 Å². The summed E-state index contributed by atoms with van der Waals surface area (Å²) in [5, 5.41) is 20.4. The van der Waals surface area contributed by atoms with Crippen LogP contribution in [0.2, 0.25) is 0 Å². The van der Waals surface area contributed by atoms with E-state index >= 15 is 0 Å². The summed E-state index contributed by atoms with van der Waals surface area (Å²) in [4.78, 5) is 64.5. The van der Waals surface area contributed by atoms with Gasteiger partial charge in [-0.3, -0.25) is 19.2 Å². The highest BCUT2D eigenvalue weighted by molar-refractivity contribution is 5.95. The van der Waals surface area contributed by atoms with E-state index in [1.807, 2.05) is 34.6 Å². The maximum atomic E-state index is 13.4. The fraction of sp³-hybridized carbons (Fsp3) is 0.828. The van der Waals surface area contributed by atoms with Crippen LogP contribution < -0.4 is 32.7 Å². The predicted molar refractivity (Wildman–Crippen MR) is 159 cm³/mol. The largest absolute Gasteiger partial charge is 0.480 e. The Morgan fingerprint density at radius 2 is 1.20 bits per heavy atom. The van der Waals surface area contributed by atoms with E-state index < -0.39 is 59.8 Å². The Hall–Kier alpha value is -2.73. The van der Waals surface area contributed by atoms with Gasteiger partial charge in [0, 0.05) is 0 Å². The Morgan fingerprint density at radius 1 is 0.683 bits per heavy atom. The van der Waals surface area contributed by atoms with Crippen molar-refractivity contribution in [2.24, 2.45) is 35.1 Å². The fourth-order valence-electron chi connectivity index (χ4n) is 4.23. The number of nitrogens with one attached hydrogen (secondary N) is 4. The molecule has 0 aromatic carbocycles. The number of hydrogen-bond acceptors (Lipinski definition) is 7. The summed E-state index contributed by atoms with van der Waals surface area (Å²) in [5.74, 6) is -3.95. The third-order valence-corrected chi connectivity index (χ3v) is 7.50. The number of carbonyl (C=O) groups excluding carboxylic acids is 4. The molecule has 0 spiro atoms. The number of carbonyl (C=O) groups is 5. The zero-order valence-electron chi connectivity index (χ0n) is 26.3. The summed E-state index contributed by atoms with van der Waals surface area (Å²) in [6, 6.07) is -4.80. The maximum Gasteiger partial charge on any atom is 0.326 e. The molecule has 0 bridgehead atoms. The molecule has 4 amide bonds. The molecule has 9 N–H and O–H groups in total. The number of amides is 4. The second kappa shape index (κ2) is 19.4. The van der Waals surface area contributed by atoms with Crippen molar-refractivity contribution >= 4 is 29.6 Å². The molecule has 0 radical (unpaired) electrons. The van der Waals surface area contributed by atoms with Gasteiger partial charge in [0.1, 0.15) is 24.2 Å². The minimum Gasteiger partial charge on any atom is -0.480 e. The van der Waals surface area contributed by atoms with Crippen LogP contribution >= 0.6 is 0 Å². The Bertz CT molecular complexity index is 852. The second-order valence-corrected chi connectivity index (χ2v) is 11.9. The highest BCUT2D eigenvalue weighted by Gasteiger charge is 2.35. The zero-order valence-corrected chi connectivity index (χ0v) is 26.3. The number of hydrogen-bond donors (Lipinski definition) is 7. The van der Waals surface area contributed by atoms with Gasteiger partial charge in [-0.05, 0) is 55.9 Å². The normalized spacial score (nSPS) is 16.6. The molecule has 0 rings (SSSR count). The molecule has 41 heavy (non-hydrogen) atoms. The van der Waals surface area contributed by atoms with Gasteiger partial charge in [0.2, 0.25) is 23.6 Å². The molecular weight excluding hydrogens is 528 g/mol. The van der Waals surface area contributed by atoms with Crippen LogP contribution in [0.15, 0.2) is 0 Å². The summed E-state index contributed by atoms with van der Waals surface area (Å²) >= 11 is 0. The van der Waals surface area contributed by atoms with E-state index in [1.54, 1.807) is 20.8 Å². The van der Waals surface area contributed by atoms with E-state index in [0.717, 1.165) is 0 Å². The van der Waals surface area contributed by atoms with Crippen molar-refractivity contribution < 1.29 is 29.1 Å². The van der Waals surface area contributed by atoms with Gasteiger partial charge in [0.05, 0.1) is 6.04 Å². The lowest BCUT2D eigenvalue weighted by atomic mass is 9.95. The molecule has 7 atom stereocenters. The lowest BCUT2D eigenvalue weighted by Crippen LogP contribution is -2.61. The van der Waals surface area contributed by atoms with Gasteiger partial charge in [-0.2, -0.15) is 0 Å². The average Bonchev–Trinajstić information content (AvgIpc) is 2.91. The van der Waals surface area contributed by atoms with Crippen LogP contribution in [0.3, 0.4) is 0 Å². The van der Waals surface area contributed by atoms with Crippen LogP contribution in [0, 0.1) is 23.7 Å². The summed E-state index contributed by atoms with van der Waals surface area (Å²) in [5.41, 5.74) is 11.6. The molecule has 0 saturated heterocycles. The van der Waals surface area contributed by atoms with Crippen molar-refractivity contribution in [2.45, 2.75) is 124 Å². The first-order valence-electron chi connectivity index (χ1n) is 15.0. The summed E-state index contributed by atoms with van der Waals surface area (Å²) < 4.78 is 0. The Kier molecular flexibility index (Phi) is 18.1. The molecule has 0 aliphatic rings. The SMILES string of the molecule is CC[C@H](C)[C@H](N)C(=O)N[C@@H](CC(C)C)C(=O)N[C@H](C(=O)N[C@H](C(=O)N[C@@H](CCCCN)C(=O)O)[C@@H](C)CC)C(C)C. The lowest BCUT2D eigenvalue weighted by Gasteiger charge is -2.30. The van der Waals surface area contributed by atoms with E-state index in [0.29, 0.717) is 38.6 Å². The van der Waals surface area contributed by atoms with Gasteiger partial charge >= 0.3 is 5.97 Å². The highest BCUT2D eigenvalue weighted by atomic mass is 16.4. The van der Waals surface area contributed by atoms with Crippen molar-refractivity contribution in [1.82, 2.24) is 21.3 Å². The van der Waals surface area contributed by atoms with Gasteiger partial charge in [-0.15, -0.1) is 0 Å². The number of aliphatic carboxylic acids is 1. The van der Waals surface area contributed by atoms with Crippen molar-refractivity contribution in [2.75, 3.05) is 6.54 Å². The van der Waals surface area contributed by atoms with E-state index in [1.165, 1.54) is 0 Å². The van der Waals surface area contributed by atoms with Crippen LogP contribution in [-0.2, 0) is 24.0 Å². The Labute approximate surface area is 245 Å². The molecule has 0 aromatic rings. The smallest absolute Gasteiger partial charge is 0.326 e. The standard InChI is InChI=1S/C29H56N6O6/c1-9-18(7)22(31)26(37)33-21(15-16(3)4)25(36)34-23(17(5)6)27(38)35-24(19(8)10-2)28(39)32-20(29(40)41)13-11-12-14-30/h16-24H,9-15,30-31H2,1-8H3,(H,32,39)(H,33,37)(H,34,36)(H,35,38)(H,40,41)/t18-,19-,20-,21-,22-,23-,24-/m0/s1. The Balaban J connectivity index is 5.79. The van der Waals surface area contributed by atoms with Crippen LogP contribution in [0.1, 0.15) is 93.9 Å². The van der Waals surface area contributed by atoms with E-state index in [4.69, 9.17) is 11.5 Å². The van der Waals surface area contributed by atoms with E-state index in [9.17, 15) is 29.1 Å². The second-order valence-electron chi connectivity index (χ2n) is 11.9. The number of carboxylic acids is 1. The molecular formula is C29H56N6O6. The first-order chi connectivity index (χ1) is 19.1. The lowest BCUT2D eigenvalue weighted by molar-refractivity contribution is -0.143. The first kappa shape index (κ1) is 38.3. The van der Waals surface area contributed by atoms with Crippen molar-refractivity contribution in [3.05, 3.63) is 0 Å². The number of nitrogens with two attached hydrogens (primary N) is 2. The molecule has 0 unspecified atom stereocenters.